The number of halogens is 1. The number of amides is 1. The molecule has 158 valence electrons. The number of nitrogens with two attached hydrogens (primary N) is 1. The highest BCUT2D eigenvalue weighted by Crippen LogP contribution is 2.25. The first-order valence-electron chi connectivity index (χ1n) is 9.16. The smallest absolute Gasteiger partial charge is 0.255 e. The van der Waals surface area contributed by atoms with Crippen LogP contribution in [0.1, 0.15) is 35.7 Å². The Kier molecular flexibility index (Phi) is 8.31. The van der Waals surface area contributed by atoms with Crippen LogP contribution >= 0.6 is 11.6 Å². The zero-order chi connectivity index (χ0) is 21.4. The fourth-order valence-electron chi connectivity index (χ4n) is 2.65. The fraction of sp³-hybridized carbons (Fsp3) is 0.350. The van der Waals surface area contributed by atoms with Crippen LogP contribution in [0.4, 0.5) is 0 Å². The molecule has 2 aromatic rings. The van der Waals surface area contributed by atoms with Gasteiger partial charge >= 0.3 is 0 Å². The summed E-state index contributed by atoms with van der Waals surface area (Å²) < 4.78 is 34.5. The Morgan fingerprint density at radius 3 is 2.55 bits per heavy atom. The van der Waals surface area contributed by atoms with Crippen molar-refractivity contribution in [3.63, 3.8) is 0 Å². The highest BCUT2D eigenvalue weighted by Gasteiger charge is 2.17. The molecule has 0 aliphatic heterocycles. The molecule has 0 aromatic heterocycles. The highest BCUT2D eigenvalue weighted by atomic mass is 35.5. The van der Waals surface area contributed by atoms with Crippen molar-refractivity contribution in [3.8, 4) is 11.5 Å². The number of nitrogens with one attached hydrogen (secondary N) is 1. The van der Waals surface area contributed by atoms with E-state index in [1.54, 1.807) is 24.3 Å². The maximum atomic E-state index is 12.4. The zero-order valence-electron chi connectivity index (χ0n) is 16.4. The van der Waals surface area contributed by atoms with Gasteiger partial charge in [-0.05, 0) is 48.7 Å². The summed E-state index contributed by atoms with van der Waals surface area (Å²) in [5, 5.41) is 8.52. The average Bonchev–Trinajstić information content (AvgIpc) is 2.68. The van der Waals surface area contributed by atoms with Crippen molar-refractivity contribution in [2.45, 2.75) is 31.1 Å². The Morgan fingerprint density at radius 1 is 1.17 bits per heavy atom. The summed E-state index contributed by atoms with van der Waals surface area (Å²) >= 11 is 5.95. The Morgan fingerprint density at radius 2 is 1.90 bits per heavy atom. The number of hydrogen-bond donors (Lipinski definition) is 2. The van der Waals surface area contributed by atoms with Crippen LogP contribution in [0, 0.1) is 0 Å². The SMILES string of the molecule is CCCCOc1ccc(CCNC(=O)c2cc(Cl)ccc2OC)cc1S(N)(=O)=O. The molecule has 7 nitrogen and oxygen atoms in total. The van der Waals surface area contributed by atoms with Gasteiger partial charge in [0.1, 0.15) is 16.4 Å². The minimum absolute atomic E-state index is 0.0612. The summed E-state index contributed by atoms with van der Waals surface area (Å²) in [6, 6.07) is 9.59. The van der Waals surface area contributed by atoms with E-state index in [4.69, 9.17) is 26.2 Å². The molecule has 0 bridgehead atoms. The van der Waals surface area contributed by atoms with Crippen molar-refractivity contribution in [2.75, 3.05) is 20.3 Å². The third-order valence-corrected chi connectivity index (χ3v) is 5.34. The third-order valence-electron chi connectivity index (χ3n) is 4.18. The topological polar surface area (TPSA) is 108 Å². The normalized spacial score (nSPS) is 11.2. The molecular formula is C20H25ClN2O5S. The summed E-state index contributed by atoms with van der Waals surface area (Å²) in [5.74, 6) is 0.310. The number of hydrogen-bond acceptors (Lipinski definition) is 5. The quantitative estimate of drug-likeness (QED) is 0.552. The van der Waals surface area contributed by atoms with E-state index in [1.807, 2.05) is 6.92 Å². The standard InChI is InChI=1S/C20H25ClN2O5S/c1-3-4-11-28-18-7-5-14(12-19(18)29(22,25)26)9-10-23-20(24)16-13-15(21)6-8-17(16)27-2/h5-8,12-13H,3-4,9-11H2,1-2H3,(H,23,24)(H2,22,25,26). The van der Waals surface area contributed by atoms with Gasteiger partial charge in [-0.1, -0.05) is 31.0 Å². The number of methoxy groups -OCH3 is 1. The van der Waals surface area contributed by atoms with E-state index in [1.165, 1.54) is 19.2 Å². The molecule has 0 aliphatic rings. The lowest BCUT2D eigenvalue weighted by Crippen LogP contribution is -2.26. The second kappa shape index (κ2) is 10.5. The van der Waals surface area contributed by atoms with Crippen LogP contribution in [-0.2, 0) is 16.4 Å². The number of benzene rings is 2. The number of ether oxygens (including phenoxy) is 2. The molecule has 0 aliphatic carbocycles. The number of carbonyl (C=O) groups is 1. The molecular weight excluding hydrogens is 416 g/mol. The molecule has 9 heteroatoms. The van der Waals surface area contributed by atoms with Gasteiger partial charge in [-0.15, -0.1) is 0 Å². The summed E-state index contributed by atoms with van der Waals surface area (Å²) in [5.41, 5.74) is 1.03. The first-order valence-corrected chi connectivity index (χ1v) is 11.1. The molecule has 0 saturated heterocycles. The molecule has 0 fully saturated rings. The summed E-state index contributed by atoms with van der Waals surface area (Å²) in [4.78, 5) is 12.3. The first kappa shape index (κ1) is 23.0. The molecule has 0 unspecified atom stereocenters. The summed E-state index contributed by atoms with van der Waals surface area (Å²) in [6.45, 7) is 2.71. The molecule has 3 N–H and O–H groups in total. The van der Waals surface area contributed by atoms with E-state index in [0.29, 0.717) is 34.9 Å². The minimum Gasteiger partial charge on any atom is -0.496 e. The number of rotatable bonds is 10. The Hall–Kier alpha value is -2.29. The second-order valence-electron chi connectivity index (χ2n) is 6.38. The number of unbranched alkanes of at least 4 members (excludes halogenated alkanes) is 1. The maximum Gasteiger partial charge on any atom is 0.255 e. The molecule has 0 heterocycles. The molecule has 0 saturated carbocycles. The molecule has 2 aromatic carbocycles. The molecule has 2 rings (SSSR count). The van der Waals surface area contributed by atoms with E-state index in [-0.39, 0.29) is 23.1 Å². The Bertz CT molecular complexity index is 963. The largest absolute Gasteiger partial charge is 0.496 e. The third kappa shape index (κ3) is 6.62. The molecule has 0 atom stereocenters. The molecule has 1 amide bonds. The van der Waals surface area contributed by atoms with Gasteiger partial charge in [-0.3, -0.25) is 4.79 Å². The van der Waals surface area contributed by atoms with Crippen molar-refractivity contribution < 1.29 is 22.7 Å². The highest BCUT2D eigenvalue weighted by molar-refractivity contribution is 7.89. The zero-order valence-corrected chi connectivity index (χ0v) is 18.0. The van der Waals surface area contributed by atoms with Gasteiger partial charge in [-0.2, -0.15) is 0 Å². The number of sulfonamides is 1. The first-order chi connectivity index (χ1) is 13.8. The maximum absolute atomic E-state index is 12.4. The lowest BCUT2D eigenvalue weighted by Gasteiger charge is -2.13. The Balaban J connectivity index is 2.07. The van der Waals surface area contributed by atoms with Crippen LogP contribution in [0.15, 0.2) is 41.3 Å². The molecule has 0 radical (unpaired) electrons. The van der Waals surface area contributed by atoms with Gasteiger partial charge in [0.15, 0.2) is 0 Å². The molecule has 0 spiro atoms. The summed E-state index contributed by atoms with van der Waals surface area (Å²) in [7, 11) is -2.46. The number of carbonyl (C=O) groups excluding carboxylic acids is 1. The Labute approximate surface area is 176 Å². The van der Waals surface area contributed by atoms with Gasteiger partial charge in [0.25, 0.3) is 5.91 Å². The minimum atomic E-state index is -3.93. The van der Waals surface area contributed by atoms with Crippen molar-refractivity contribution in [1.29, 1.82) is 0 Å². The van der Waals surface area contributed by atoms with E-state index in [9.17, 15) is 13.2 Å². The van der Waals surface area contributed by atoms with E-state index >= 15 is 0 Å². The lowest BCUT2D eigenvalue weighted by atomic mass is 10.1. The van der Waals surface area contributed by atoms with Crippen molar-refractivity contribution >= 4 is 27.5 Å². The predicted octanol–water partition coefficient (Wildman–Crippen LogP) is 3.15. The monoisotopic (exact) mass is 440 g/mol. The van der Waals surface area contributed by atoms with E-state index < -0.39 is 10.0 Å². The van der Waals surface area contributed by atoms with Crippen LogP contribution in [0.3, 0.4) is 0 Å². The van der Waals surface area contributed by atoms with Crippen molar-refractivity contribution in [1.82, 2.24) is 5.32 Å². The van der Waals surface area contributed by atoms with Crippen molar-refractivity contribution in [3.05, 3.63) is 52.5 Å². The average molecular weight is 441 g/mol. The summed E-state index contributed by atoms with van der Waals surface area (Å²) in [6.07, 6.45) is 2.15. The van der Waals surface area contributed by atoms with Crippen LogP contribution in [0.2, 0.25) is 5.02 Å². The van der Waals surface area contributed by atoms with Gasteiger partial charge in [0.05, 0.1) is 19.3 Å². The van der Waals surface area contributed by atoms with Crippen LogP contribution < -0.4 is 19.9 Å². The molecule has 29 heavy (non-hydrogen) atoms. The van der Waals surface area contributed by atoms with E-state index in [0.717, 1.165) is 12.8 Å². The second-order valence-corrected chi connectivity index (χ2v) is 8.34. The predicted molar refractivity (Wildman–Crippen MR) is 112 cm³/mol. The van der Waals surface area contributed by atoms with Crippen molar-refractivity contribution in [2.24, 2.45) is 5.14 Å². The van der Waals surface area contributed by atoms with Crippen LogP contribution in [-0.4, -0.2) is 34.6 Å². The number of primary sulfonamides is 1. The van der Waals surface area contributed by atoms with Gasteiger partial charge in [0, 0.05) is 11.6 Å². The lowest BCUT2D eigenvalue weighted by molar-refractivity contribution is 0.0951. The van der Waals surface area contributed by atoms with Gasteiger partial charge in [-0.25, -0.2) is 13.6 Å². The van der Waals surface area contributed by atoms with Gasteiger partial charge in [0.2, 0.25) is 10.0 Å². The van der Waals surface area contributed by atoms with E-state index in [2.05, 4.69) is 5.32 Å². The van der Waals surface area contributed by atoms with Gasteiger partial charge < -0.3 is 14.8 Å². The fourth-order valence-corrected chi connectivity index (χ4v) is 3.54. The van der Waals surface area contributed by atoms with Crippen LogP contribution in [0.25, 0.3) is 0 Å². The van der Waals surface area contributed by atoms with Crippen LogP contribution in [0.5, 0.6) is 11.5 Å².